The molecular formula is C14H25N3OS. The van der Waals surface area contributed by atoms with E-state index in [0.717, 1.165) is 51.7 Å². The molecule has 2 N–H and O–H groups in total. The highest BCUT2D eigenvalue weighted by atomic mass is 32.1. The van der Waals surface area contributed by atoms with Crippen molar-refractivity contribution in [3.05, 3.63) is 0 Å². The van der Waals surface area contributed by atoms with Crippen LogP contribution in [0.15, 0.2) is 0 Å². The van der Waals surface area contributed by atoms with E-state index in [-0.39, 0.29) is 5.91 Å². The third-order valence-corrected chi connectivity index (χ3v) is 5.26. The molecule has 5 heteroatoms. The van der Waals surface area contributed by atoms with Crippen molar-refractivity contribution in [1.82, 2.24) is 9.80 Å². The Balaban J connectivity index is 2.12. The standard InChI is InChI=1S/C14H25N3OS/c1-3-11-10-17(9-8-16(11)2)13(18)14(12(15)19)6-4-5-7-14/h11H,3-10H2,1-2H3,(H2,15,19). The molecule has 0 bridgehead atoms. The monoisotopic (exact) mass is 283 g/mol. The highest BCUT2D eigenvalue weighted by molar-refractivity contribution is 7.80. The van der Waals surface area contributed by atoms with Crippen LogP contribution < -0.4 is 5.73 Å². The van der Waals surface area contributed by atoms with Crippen LogP contribution in [0.3, 0.4) is 0 Å². The summed E-state index contributed by atoms with van der Waals surface area (Å²) >= 11 is 5.21. The molecule has 1 amide bonds. The van der Waals surface area contributed by atoms with Crippen LogP contribution in [0.2, 0.25) is 0 Å². The van der Waals surface area contributed by atoms with Crippen LogP contribution in [0.25, 0.3) is 0 Å². The van der Waals surface area contributed by atoms with Gasteiger partial charge in [-0.3, -0.25) is 9.69 Å². The van der Waals surface area contributed by atoms with E-state index in [4.69, 9.17) is 18.0 Å². The lowest BCUT2D eigenvalue weighted by Crippen LogP contribution is -2.58. The molecule has 0 aromatic rings. The van der Waals surface area contributed by atoms with Crippen molar-refractivity contribution < 1.29 is 4.79 Å². The first-order chi connectivity index (χ1) is 9.01. The van der Waals surface area contributed by atoms with Crippen LogP contribution in [-0.2, 0) is 4.79 Å². The number of piperazine rings is 1. The molecule has 0 aromatic heterocycles. The minimum atomic E-state index is -0.538. The van der Waals surface area contributed by atoms with Gasteiger partial charge in [0, 0.05) is 25.7 Å². The molecule has 0 radical (unpaired) electrons. The van der Waals surface area contributed by atoms with Crippen molar-refractivity contribution in [3.8, 4) is 0 Å². The Morgan fingerprint density at radius 3 is 2.53 bits per heavy atom. The van der Waals surface area contributed by atoms with Crippen LogP contribution in [0.5, 0.6) is 0 Å². The summed E-state index contributed by atoms with van der Waals surface area (Å²) in [6.07, 6.45) is 4.87. The molecule has 0 aromatic carbocycles. The Morgan fingerprint density at radius 1 is 1.37 bits per heavy atom. The number of carbonyl (C=O) groups excluding carboxylic acids is 1. The summed E-state index contributed by atoms with van der Waals surface area (Å²) in [6, 6.07) is 0.461. The van der Waals surface area contributed by atoms with Crippen molar-refractivity contribution in [3.63, 3.8) is 0 Å². The molecule has 2 rings (SSSR count). The second kappa shape index (κ2) is 5.75. The van der Waals surface area contributed by atoms with Crippen molar-refractivity contribution in [2.75, 3.05) is 26.7 Å². The zero-order valence-electron chi connectivity index (χ0n) is 12.0. The second-order valence-electron chi connectivity index (χ2n) is 5.95. The Kier molecular flexibility index (Phi) is 4.46. The van der Waals surface area contributed by atoms with Gasteiger partial charge in [0.25, 0.3) is 0 Å². The van der Waals surface area contributed by atoms with Crippen LogP contribution in [0, 0.1) is 5.41 Å². The summed E-state index contributed by atoms with van der Waals surface area (Å²) in [5.74, 6) is 0.184. The zero-order chi connectivity index (χ0) is 14.0. The third-order valence-electron chi connectivity index (χ3n) is 4.87. The van der Waals surface area contributed by atoms with E-state index >= 15 is 0 Å². The predicted octanol–water partition coefficient (Wildman–Crippen LogP) is 1.39. The fraction of sp³-hybridized carbons (Fsp3) is 0.857. The fourth-order valence-corrected chi connectivity index (χ4v) is 3.71. The lowest BCUT2D eigenvalue weighted by Gasteiger charge is -2.42. The number of amides is 1. The van der Waals surface area contributed by atoms with Gasteiger partial charge in [-0.15, -0.1) is 0 Å². The molecular weight excluding hydrogens is 258 g/mol. The predicted molar refractivity (Wildman–Crippen MR) is 81.0 cm³/mol. The SMILES string of the molecule is CCC1CN(C(=O)C2(C(N)=S)CCCC2)CCN1C. The van der Waals surface area contributed by atoms with Gasteiger partial charge in [0.15, 0.2) is 0 Å². The summed E-state index contributed by atoms with van der Waals surface area (Å²) in [5, 5.41) is 0. The summed E-state index contributed by atoms with van der Waals surface area (Å²) < 4.78 is 0. The molecule has 4 nitrogen and oxygen atoms in total. The highest BCUT2D eigenvalue weighted by Crippen LogP contribution is 2.40. The molecule has 2 aliphatic rings. The van der Waals surface area contributed by atoms with E-state index in [1.54, 1.807) is 0 Å². The zero-order valence-corrected chi connectivity index (χ0v) is 12.8. The molecule has 0 spiro atoms. The minimum Gasteiger partial charge on any atom is -0.392 e. The average Bonchev–Trinajstić information content (AvgIpc) is 2.89. The molecule has 1 heterocycles. The number of hydrogen-bond acceptors (Lipinski definition) is 3. The number of carbonyl (C=O) groups is 1. The number of nitrogens with zero attached hydrogens (tertiary/aromatic N) is 2. The maximum atomic E-state index is 12.9. The molecule has 108 valence electrons. The first-order valence-corrected chi connectivity index (χ1v) is 7.71. The Bertz CT molecular complexity index is 366. The van der Waals surface area contributed by atoms with Crippen LogP contribution in [-0.4, -0.2) is 53.4 Å². The number of hydrogen-bond donors (Lipinski definition) is 1. The molecule has 1 saturated carbocycles. The maximum absolute atomic E-state index is 12.9. The number of rotatable bonds is 3. The van der Waals surface area contributed by atoms with Crippen molar-refractivity contribution in [1.29, 1.82) is 0 Å². The molecule has 1 atom stereocenters. The fourth-order valence-electron chi connectivity index (χ4n) is 3.42. The van der Waals surface area contributed by atoms with Crippen LogP contribution in [0.1, 0.15) is 39.0 Å². The lowest BCUT2D eigenvalue weighted by molar-refractivity contribution is -0.141. The Morgan fingerprint density at radius 2 is 2.00 bits per heavy atom. The first-order valence-electron chi connectivity index (χ1n) is 7.31. The molecule has 1 saturated heterocycles. The largest absolute Gasteiger partial charge is 0.392 e. The second-order valence-corrected chi connectivity index (χ2v) is 6.39. The van der Waals surface area contributed by atoms with E-state index in [1.807, 2.05) is 4.90 Å². The van der Waals surface area contributed by atoms with Gasteiger partial charge in [-0.2, -0.15) is 0 Å². The Labute approximate surface area is 121 Å². The van der Waals surface area contributed by atoms with E-state index in [0.29, 0.717) is 11.0 Å². The van der Waals surface area contributed by atoms with Crippen LogP contribution in [0.4, 0.5) is 0 Å². The molecule has 1 aliphatic heterocycles. The van der Waals surface area contributed by atoms with Crippen LogP contribution >= 0.6 is 12.2 Å². The molecule has 2 fully saturated rings. The van der Waals surface area contributed by atoms with Gasteiger partial charge in [0.2, 0.25) is 5.91 Å². The maximum Gasteiger partial charge on any atom is 0.235 e. The minimum absolute atomic E-state index is 0.184. The summed E-state index contributed by atoms with van der Waals surface area (Å²) in [6.45, 7) is 4.73. The summed E-state index contributed by atoms with van der Waals surface area (Å²) in [7, 11) is 2.13. The van der Waals surface area contributed by atoms with E-state index in [9.17, 15) is 4.79 Å². The van der Waals surface area contributed by atoms with E-state index in [1.165, 1.54) is 0 Å². The van der Waals surface area contributed by atoms with E-state index in [2.05, 4.69) is 18.9 Å². The quantitative estimate of drug-likeness (QED) is 0.795. The normalized spacial score (nSPS) is 27.5. The Hall–Kier alpha value is -0.680. The lowest BCUT2D eigenvalue weighted by atomic mass is 9.84. The number of likely N-dealkylation sites (N-methyl/N-ethyl adjacent to an activating group) is 1. The van der Waals surface area contributed by atoms with Crippen molar-refractivity contribution >= 4 is 23.1 Å². The number of thiocarbonyl (C=S) groups is 1. The smallest absolute Gasteiger partial charge is 0.235 e. The van der Waals surface area contributed by atoms with Gasteiger partial charge >= 0.3 is 0 Å². The topological polar surface area (TPSA) is 49.6 Å². The highest BCUT2D eigenvalue weighted by Gasteiger charge is 2.47. The van der Waals surface area contributed by atoms with Gasteiger partial charge in [-0.1, -0.05) is 32.0 Å². The third kappa shape index (κ3) is 2.63. The number of nitrogens with two attached hydrogens (primary N) is 1. The first kappa shape index (κ1) is 14.7. The van der Waals surface area contributed by atoms with Gasteiger partial charge in [0.05, 0.1) is 10.4 Å². The molecule has 1 aliphatic carbocycles. The summed E-state index contributed by atoms with van der Waals surface area (Å²) in [4.78, 5) is 17.6. The van der Waals surface area contributed by atoms with Crippen molar-refractivity contribution in [2.24, 2.45) is 11.1 Å². The average molecular weight is 283 g/mol. The van der Waals surface area contributed by atoms with Crippen molar-refractivity contribution in [2.45, 2.75) is 45.1 Å². The molecule has 19 heavy (non-hydrogen) atoms. The summed E-state index contributed by atoms with van der Waals surface area (Å²) in [5.41, 5.74) is 5.37. The van der Waals surface area contributed by atoms with Gasteiger partial charge in [-0.05, 0) is 26.3 Å². The van der Waals surface area contributed by atoms with Gasteiger partial charge < -0.3 is 10.6 Å². The van der Waals surface area contributed by atoms with E-state index < -0.39 is 5.41 Å². The van der Waals surface area contributed by atoms with Gasteiger partial charge in [0.1, 0.15) is 0 Å². The van der Waals surface area contributed by atoms with Gasteiger partial charge in [-0.25, -0.2) is 0 Å². The molecule has 1 unspecified atom stereocenters.